The number of nitrogens with two attached hydrogens (primary N) is 1. The number of hydrogen-bond acceptors (Lipinski definition) is 9. The molecule has 2 aromatic rings. The molecule has 36 heavy (non-hydrogen) atoms. The van der Waals surface area contributed by atoms with Gasteiger partial charge in [-0.2, -0.15) is 11.8 Å². The lowest BCUT2D eigenvalue weighted by Gasteiger charge is -2.26. The van der Waals surface area contributed by atoms with Gasteiger partial charge < -0.3 is 41.9 Å². The molecule has 0 saturated carbocycles. The fraction of sp³-hybridized carbons (Fsp3) is 0.524. The van der Waals surface area contributed by atoms with E-state index in [0.29, 0.717) is 17.1 Å². The highest BCUT2D eigenvalue weighted by atomic mass is 32.2. The highest BCUT2D eigenvalue weighted by molar-refractivity contribution is 7.98. The van der Waals surface area contributed by atoms with Crippen LogP contribution in [-0.2, 0) is 32.0 Å². The van der Waals surface area contributed by atoms with Crippen molar-refractivity contribution in [3.05, 3.63) is 36.4 Å². The van der Waals surface area contributed by atoms with Crippen molar-refractivity contribution in [3.63, 3.8) is 0 Å². The Morgan fingerprint density at radius 1 is 0.972 bits per heavy atom. The van der Waals surface area contributed by atoms with E-state index in [1.807, 2.05) is 0 Å². The summed E-state index contributed by atoms with van der Waals surface area (Å²) in [6, 6.07) is -4.82. The molecule has 0 radical (unpaired) electrons. The van der Waals surface area contributed by atoms with Crippen molar-refractivity contribution in [2.75, 3.05) is 12.0 Å². The van der Waals surface area contributed by atoms with Gasteiger partial charge >= 0.3 is 5.97 Å². The van der Waals surface area contributed by atoms with Crippen molar-refractivity contribution >= 4 is 35.5 Å². The van der Waals surface area contributed by atoms with Crippen molar-refractivity contribution < 1.29 is 29.4 Å². The highest BCUT2D eigenvalue weighted by Crippen LogP contribution is 2.06. The van der Waals surface area contributed by atoms with E-state index in [-0.39, 0.29) is 19.3 Å². The molecule has 2 heterocycles. The quantitative estimate of drug-likeness (QED) is 0.127. The van der Waals surface area contributed by atoms with E-state index in [9.17, 15) is 29.4 Å². The third kappa shape index (κ3) is 8.98. The van der Waals surface area contributed by atoms with Crippen LogP contribution in [0.25, 0.3) is 0 Å². The van der Waals surface area contributed by atoms with Crippen LogP contribution in [0.2, 0.25) is 0 Å². The van der Waals surface area contributed by atoms with Gasteiger partial charge in [0.25, 0.3) is 0 Å². The molecule has 0 fully saturated rings. The topological polar surface area (TPSA) is 228 Å². The molecule has 0 aliphatic rings. The van der Waals surface area contributed by atoms with E-state index in [0.717, 1.165) is 0 Å². The summed E-state index contributed by atoms with van der Waals surface area (Å²) in [6.07, 6.45) is 6.60. The molecular weight excluding hydrogens is 492 g/mol. The number of rotatable bonds is 15. The summed E-state index contributed by atoms with van der Waals surface area (Å²) in [4.78, 5) is 63.5. The van der Waals surface area contributed by atoms with Crippen LogP contribution < -0.4 is 21.7 Å². The summed E-state index contributed by atoms with van der Waals surface area (Å²) in [5, 5.41) is 26.9. The van der Waals surface area contributed by atoms with Crippen molar-refractivity contribution in [1.29, 1.82) is 0 Å². The maximum absolute atomic E-state index is 13.1. The number of aliphatic hydroxyl groups excluding tert-OH is 1. The van der Waals surface area contributed by atoms with Crippen LogP contribution in [0.5, 0.6) is 0 Å². The normalized spacial score (nSPS) is 15.2. The van der Waals surface area contributed by atoms with Gasteiger partial charge in [0.1, 0.15) is 18.1 Å². The summed E-state index contributed by atoms with van der Waals surface area (Å²) in [5.74, 6) is -3.01. The molecule has 0 aromatic carbocycles. The van der Waals surface area contributed by atoms with E-state index in [1.165, 1.54) is 43.7 Å². The fourth-order valence-electron chi connectivity index (χ4n) is 3.24. The minimum absolute atomic E-state index is 0.00598. The predicted octanol–water partition coefficient (Wildman–Crippen LogP) is -2.08. The van der Waals surface area contributed by atoms with Gasteiger partial charge in [0.05, 0.1) is 24.8 Å². The Kier molecular flexibility index (Phi) is 11.4. The molecule has 2 rings (SSSR count). The lowest BCUT2D eigenvalue weighted by molar-refractivity contribution is -0.143. The average molecular weight is 525 g/mol. The first kappa shape index (κ1) is 28.8. The Morgan fingerprint density at radius 3 is 2.06 bits per heavy atom. The zero-order valence-corrected chi connectivity index (χ0v) is 20.7. The van der Waals surface area contributed by atoms with Crippen LogP contribution >= 0.6 is 11.8 Å². The van der Waals surface area contributed by atoms with Crippen molar-refractivity contribution in [2.24, 2.45) is 5.73 Å². The summed E-state index contributed by atoms with van der Waals surface area (Å²) in [5.41, 5.74) is 7.14. The maximum atomic E-state index is 13.1. The number of amides is 3. The standard InChI is InChI=1S/C21H32N8O6S/c1-11(30)17(20(33)27-15(21(34)35)3-4-36-2)29-19(32)16(6-13-8-24-10-26-13)28-18(31)14(22)5-12-7-23-9-25-12/h7-11,14-17,30H,3-6,22H2,1-2H3,(H,23,25)(H,24,26)(H,27,33)(H,28,31)(H,29,32)(H,34,35). The first-order valence-corrected chi connectivity index (χ1v) is 12.5. The van der Waals surface area contributed by atoms with Crippen LogP contribution in [0.15, 0.2) is 25.0 Å². The molecule has 0 aliphatic carbocycles. The zero-order chi connectivity index (χ0) is 26.7. The minimum Gasteiger partial charge on any atom is -0.480 e. The number of carboxylic acid groups (broad SMARTS) is 1. The molecule has 0 aliphatic heterocycles. The molecule has 198 valence electrons. The molecule has 14 nitrogen and oxygen atoms in total. The van der Waals surface area contributed by atoms with E-state index < -0.39 is 54.0 Å². The van der Waals surface area contributed by atoms with Crippen LogP contribution in [0.3, 0.4) is 0 Å². The third-order valence-corrected chi connectivity index (χ3v) is 5.88. The highest BCUT2D eigenvalue weighted by Gasteiger charge is 2.33. The van der Waals surface area contributed by atoms with Crippen LogP contribution in [0.4, 0.5) is 0 Å². The lowest BCUT2D eigenvalue weighted by atomic mass is 10.1. The summed E-state index contributed by atoms with van der Waals surface area (Å²) < 4.78 is 0. The number of carbonyl (C=O) groups excluding carboxylic acids is 3. The summed E-state index contributed by atoms with van der Waals surface area (Å²) in [6.45, 7) is 1.28. The van der Waals surface area contributed by atoms with Gasteiger partial charge in [-0.3, -0.25) is 14.4 Å². The van der Waals surface area contributed by atoms with Gasteiger partial charge in [-0.05, 0) is 25.4 Å². The lowest BCUT2D eigenvalue weighted by Crippen LogP contribution is -2.60. The molecule has 2 aromatic heterocycles. The Labute approximate surface area is 211 Å². The van der Waals surface area contributed by atoms with Crippen molar-refractivity contribution in [3.8, 4) is 0 Å². The summed E-state index contributed by atoms with van der Waals surface area (Å²) in [7, 11) is 0. The number of nitrogens with zero attached hydrogens (tertiary/aromatic N) is 2. The van der Waals surface area contributed by atoms with Crippen LogP contribution in [0, 0.1) is 0 Å². The number of aromatic amines is 2. The predicted molar refractivity (Wildman–Crippen MR) is 131 cm³/mol. The Hall–Kier alpha value is -3.43. The number of H-pyrrole nitrogens is 2. The van der Waals surface area contributed by atoms with E-state index in [2.05, 4.69) is 35.9 Å². The van der Waals surface area contributed by atoms with Crippen molar-refractivity contribution in [1.82, 2.24) is 35.9 Å². The Bertz CT molecular complexity index is 985. The molecule has 9 N–H and O–H groups in total. The monoisotopic (exact) mass is 524 g/mol. The van der Waals surface area contributed by atoms with Gasteiger partial charge in [-0.25, -0.2) is 14.8 Å². The van der Waals surface area contributed by atoms with E-state index in [4.69, 9.17) is 5.73 Å². The van der Waals surface area contributed by atoms with Gasteiger partial charge in [-0.1, -0.05) is 0 Å². The fourth-order valence-corrected chi connectivity index (χ4v) is 3.72. The number of hydrogen-bond donors (Lipinski definition) is 8. The first-order chi connectivity index (χ1) is 17.1. The Morgan fingerprint density at radius 2 is 1.56 bits per heavy atom. The minimum atomic E-state index is -1.46. The van der Waals surface area contributed by atoms with Gasteiger partial charge in [0.2, 0.25) is 17.7 Å². The molecule has 5 unspecified atom stereocenters. The maximum Gasteiger partial charge on any atom is 0.326 e. The SMILES string of the molecule is CSCCC(NC(=O)C(NC(=O)C(Cc1cnc[nH]1)NC(=O)C(N)Cc1cnc[nH]1)C(C)O)C(=O)O. The molecule has 0 saturated heterocycles. The zero-order valence-electron chi connectivity index (χ0n) is 19.9. The third-order valence-electron chi connectivity index (χ3n) is 5.23. The van der Waals surface area contributed by atoms with Crippen molar-refractivity contribution in [2.45, 2.75) is 56.5 Å². The molecule has 0 bridgehead atoms. The van der Waals surface area contributed by atoms with Crippen LogP contribution in [-0.4, -0.2) is 96.1 Å². The number of nitrogens with one attached hydrogen (secondary N) is 5. The largest absolute Gasteiger partial charge is 0.480 e. The second kappa shape index (κ2) is 14.2. The number of aliphatic hydroxyl groups is 1. The average Bonchev–Trinajstić information content (AvgIpc) is 3.53. The van der Waals surface area contributed by atoms with Gasteiger partial charge in [0, 0.05) is 36.6 Å². The van der Waals surface area contributed by atoms with Gasteiger partial charge in [-0.15, -0.1) is 0 Å². The number of carbonyl (C=O) groups is 4. The molecule has 0 spiro atoms. The van der Waals surface area contributed by atoms with Gasteiger partial charge in [0.15, 0.2) is 0 Å². The molecule has 3 amide bonds. The smallest absolute Gasteiger partial charge is 0.326 e. The second-order valence-electron chi connectivity index (χ2n) is 8.14. The Balaban J connectivity index is 2.12. The number of aromatic nitrogens is 4. The van der Waals surface area contributed by atoms with Crippen LogP contribution in [0.1, 0.15) is 24.7 Å². The number of aliphatic carboxylic acids is 1. The number of thioether (sulfide) groups is 1. The number of carboxylic acids is 1. The summed E-state index contributed by atoms with van der Waals surface area (Å²) >= 11 is 1.42. The second-order valence-corrected chi connectivity index (χ2v) is 9.12. The van der Waals surface area contributed by atoms with E-state index >= 15 is 0 Å². The first-order valence-electron chi connectivity index (χ1n) is 11.1. The molecule has 15 heteroatoms. The number of imidazole rings is 2. The molecule has 5 atom stereocenters. The van der Waals surface area contributed by atoms with E-state index in [1.54, 1.807) is 6.26 Å². The molecular formula is C21H32N8O6S.